The number of hydrogen-bond donors (Lipinski definition) is 2. The van der Waals surface area contributed by atoms with Gasteiger partial charge < -0.3 is 5.11 Å². The van der Waals surface area contributed by atoms with Crippen LogP contribution in [0.25, 0.3) is 0 Å². The van der Waals surface area contributed by atoms with Gasteiger partial charge in [0.2, 0.25) is 10.0 Å². The largest absolute Gasteiger partial charge is 0.396 e. The molecule has 1 aliphatic rings. The van der Waals surface area contributed by atoms with Crippen molar-refractivity contribution in [1.82, 2.24) is 4.72 Å². The quantitative estimate of drug-likeness (QED) is 0.868. The minimum Gasteiger partial charge on any atom is -0.396 e. The Labute approximate surface area is 129 Å². The number of sulfonamides is 1. The van der Waals surface area contributed by atoms with Crippen LogP contribution in [0.3, 0.4) is 0 Å². The van der Waals surface area contributed by atoms with Gasteiger partial charge in [-0.2, -0.15) is 0 Å². The minimum atomic E-state index is -3.61. The molecule has 1 aliphatic carbocycles. The van der Waals surface area contributed by atoms with Crippen molar-refractivity contribution in [3.63, 3.8) is 0 Å². The smallest absolute Gasteiger partial charge is 0.216 e. The zero-order chi connectivity index (χ0) is 15.5. The summed E-state index contributed by atoms with van der Waals surface area (Å²) in [5.74, 6) is -0.732. The van der Waals surface area contributed by atoms with E-state index in [9.17, 15) is 12.8 Å². The van der Waals surface area contributed by atoms with Crippen LogP contribution in [0.4, 0.5) is 4.39 Å². The number of aliphatic hydroxyl groups excluding tert-OH is 1. The second kappa shape index (κ2) is 7.05. The molecule has 1 fully saturated rings. The van der Waals surface area contributed by atoms with E-state index in [4.69, 9.17) is 16.7 Å². The van der Waals surface area contributed by atoms with Gasteiger partial charge in [-0.3, -0.25) is 0 Å². The Bertz CT molecular complexity index is 586. The molecule has 1 aromatic carbocycles. The Hall–Kier alpha value is -0.690. The molecule has 0 aliphatic heterocycles. The molecule has 2 rings (SSSR count). The molecule has 7 heteroatoms. The lowest BCUT2D eigenvalue weighted by molar-refractivity contribution is 0.180. The first-order chi connectivity index (χ1) is 9.89. The third-order valence-corrected chi connectivity index (χ3v) is 5.42. The SMILES string of the molecule is O=S(=O)(Cc1cc(Cl)ccc1F)NC1CCC(CO)CC1. The Kier molecular flexibility index (Phi) is 5.60. The van der Waals surface area contributed by atoms with Crippen LogP contribution >= 0.6 is 11.6 Å². The first-order valence-electron chi connectivity index (χ1n) is 6.94. The summed E-state index contributed by atoms with van der Waals surface area (Å²) < 4.78 is 40.4. The Morgan fingerprint density at radius 2 is 1.95 bits per heavy atom. The molecule has 0 aromatic heterocycles. The molecular formula is C14H19ClFNO3S. The zero-order valence-electron chi connectivity index (χ0n) is 11.6. The minimum absolute atomic E-state index is 0.0686. The van der Waals surface area contributed by atoms with Crippen molar-refractivity contribution in [3.8, 4) is 0 Å². The highest BCUT2D eigenvalue weighted by Gasteiger charge is 2.25. The van der Waals surface area contributed by atoms with Crippen LogP contribution in [0, 0.1) is 11.7 Å². The Balaban J connectivity index is 1.98. The fourth-order valence-corrected chi connectivity index (χ4v) is 4.27. The highest BCUT2D eigenvalue weighted by Crippen LogP contribution is 2.25. The lowest BCUT2D eigenvalue weighted by atomic mass is 9.87. The summed E-state index contributed by atoms with van der Waals surface area (Å²) in [5, 5.41) is 9.38. The Morgan fingerprint density at radius 1 is 1.29 bits per heavy atom. The van der Waals surface area contributed by atoms with Crippen LogP contribution in [-0.4, -0.2) is 26.2 Å². The van der Waals surface area contributed by atoms with Crippen molar-refractivity contribution in [2.24, 2.45) is 5.92 Å². The van der Waals surface area contributed by atoms with Crippen LogP contribution in [0.2, 0.25) is 5.02 Å². The van der Waals surface area contributed by atoms with E-state index >= 15 is 0 Å². The number of rotatable bonds is 5. The monoisotopic (exact) mass is 335 g/mol. The van der Waals surface area contributed by atoms with Crippen LogP contribution in [0.5, 0.6) is 0 Å². The van der Waals surface area contributed by atoms with Gasteiger partial charge in [-0.1, -0.05) is 11.6 Å². The summed E-state index contributed by atoms with van der Waals surface area (Å²) in [4.78, 5) is 0. The number of hydrogen-bond acceptors (Lipinski definition) is 3. The highest BCUT2D eigenvalue weighted by atomic mass is 35.5. The van der Waals surface area contributed by atoms with E-state index in [0.717, 1.165) is 12.8 Å². The van der Waals surface area contributed by atoms with E-state index in [-0.39, 0.29) is 24.1 Å². The number of aliphatic hydroxyl groups is 1. The molecule has 0 heterocycles. The van der Waals surface area contributed by atoms with Crippen molar-refractivity contribution in [3.05, 3.63) is 34.6 Å². The Morgan fingerprint density at radius 3 is 2.57 bits per heavy atom. The van der Waals surface area contributed by atoms with Gasteiger partial charge in [0, 0.05) is 23.2 Å². The van der Waals surface area contributed by atoms with Crippen molar-refractivity contribution < 1.29 is 17.9 Å². The second-order valence-electron chi connectivity index (χ2n) is 5.51. The maximum absolute atomic E-state index is 13.6. The summed E-state index contributed by atoms with van der Waals surface area (Å²) in [5.41, 5.74) is 0.0686. The van der Waals surface area contributed by atoms with Gasteiger partial charge in [0.15, 0.2) is 0 Å². The molecule has 2 N–H and O–H groups in total. The first-order valence-corrected chi connectivity index (χ1v) is 8.97. The van der Waals surface area contributed by atoms with E-state index in [0.29, 0.717) is 17.9 Å². The fourth-order valence-electron chi connectivity index (χ4n) is 2.62. The van der Waals surface area contributed by atoms with Crippen molar-refractivity contribution >= 4 is 21.6 Å². The lowest BCUT2D eigenvalue weighted by Crippen LogP contribution is -2.38. The fraction of sp³-hybridized carbons (Fsp3) is 0.571. The molecule has 0 radical (unpaired) electrons. The first kappa shape index (κ1) is 16.7. The summed E-state index contributed by atoms with van der Waals surface area (Å²) in [6, 6.07) is 3.75. The van der Waals surface area contributed by atoms with E-state index in [1.165, 1.54) is 18.2 Å². The van der Waals surface area contributed by atoms with Gasteiger partial charge in [-0.05, 0) is 49.8 Å². The van der Waals surface area contributed by atoms with Gasteiger partial charge in [0.25, 0.3) is 0 Å². The van der Waals surface area contributed by atoms with Gasteiger partial charge in [-0.25, -0.2) is 17.5 Å². The number of halogens is 2. The van der Waals surface area contributed by atoms with Gasteiger partial charge in [0.05, 0.1) is 5.75 Å². The molecule has 0 atom stereocenters. The summed E-state index contributed by atoms with van der Waals surface area (Å²) in [6.45, 7) is 0.146. The molecule has 0 bridgehead atoms. The normalized spacial score (nSPS) is 23.2. The molecule has 0 unspecified atom stereocenters. The standard InChI is InChI=1S/C14H19ClFNO3S/c15-12-3-6-14(16)11(7-12)9-21(19,20)17-13-4-1-10(8-18)2-5-13/h3,6-7,10,13,17-18H,1-2,4-5,8-9H2. The van der Waals surface area contributed by atoms with Crippen LogP contribution in [0.15, 0.2) is 18.2 Å². The van der Waals surface area contributed by atoms with E-state index < -0.39 is 21.6 Å². The zero-order valence-corrected chi connectivity index (χ0v) is 13.1. The van der Waals surface area contributed by atoms with Crippen molar-refractivity contribution in [2.75, 3.05) is 6.61 Å². The predicted molar refractivity (Wildman–Crippen MR) is 80.0 cm³/mol. The summed E-state index contributed by atoms with van der Waals surface area (Å²) >= 11 is 5.76. The van der Waals surface area contributed by atoms with E-state index in [2.05, 4.69) is 4.72 Å². The topological polar surface area (TPSA) is 66.4 Å². The molecule has 118 valence electrons. The second-order valence-corrected chi connectivity index (χ2v) is 7.70. The predicted octanol–water partition coefficient (Wildman–Crippen LogP) is 2.45. The van der Waals surface area contributed by atoms with E-state index in [1.807, 2.05) is 0 Å². The highest BCUT2D eigenvalue weighted by molar-refractivity contribution is 7.88. The maximum Gasteiger partial charge on any atom is 0.216 e. The number of benzene rings is 1. The molecule has 0 amide bonds. The van der Waals surface area contributed by atoms with Crippen LogP contribution in [-0.2, 0) is 15.8 Å². The molecule has 0 saturated heterocycles. The van der Waals surface area contributed by atoms with Crippen molar-refractivity contribution in [1.29, 1.82) is 0 Å². The molecular weight excluding hydrogens is 317 g/mol. The van der Waals surface area contributed by atoms with Crippen molar-refractivity contribution in [2.45, 2.75) is 37.5 Å². The van der Waals surface area contributed by atoms with Gasteiger partial charge in [-0.15, -0.1) is 0 Å². The average molecular weight is 336 g/mol. The molecule has 0 spiro atoms. The van der Waals surface area contributed by atoms with E-state index in [1.54, 1.807) is 0 Å². The summed E-state index contributed by atoms with van der Waals surface area (Å²) in [7, 11) is -3.61. The van der Waals surface area contributed by atoms with Gasteiger partial charge in [0.1, 0.15) is 5.82 Å². The van der Waals surface area contributed by atoms with Gasteiger partial charge >= 0.3 is 0 Å². The van der Waals surface area contributed by atoms with Crippen LogP contribution < -0.4 is 4.72 Å². The lowest BCUT2D eigenvalue weighted by Gasteiger charge is -2.27. The molecule has 1 saturated carbocycles. The molecule has 4 nitrogen and oxygen atoms in total. The molecule has 21 heavy (non-hydrogen) atoms. The third-order valence-electron chi connectivity index (χ3n) is 3.80. The number of nitrogens with one attached hydrogen (secondary N) is 1. The third kappa shape index (κ3) is 4.92. The average Bonchev–Trinajstić information content (AvgIpc) is 2.43. The maximum atomic E-state index is 13.6. The van der Waals surface area contributed by atoms with Crippen LogP contribution in [0.1, 0.15) is 31.2 Å². The summed E-state index contributed by atoms with van der Waals surface area (Å²) in [6.07, 6.45) is 3.00. The molecule has 1 aromatic rings.